The molecule has 0 aromatic rings. The Morgan fingerprint density at radius 2 is 2.28 bits per heavy atom. The Morgan fingerprint density at radius 1 is 1.50 bits per heavy atom. The highest BCUT2D eigenvalue weighted by Gasteiger charge is 2.54. The third-order valence-corrected chi connectivity index (χ3v) is 4.49. The van der Waals surface area contributed by atoms with Gasteiger partial charge in [0.2, 0.25) is 0 Å². The molecule has 4 aliphatic rings. The average Bonchev–Trinajstić information content (AvgIpc) is 2.41. The minimum atomic E-state index is -0.934. The first-order valence-corrected chi connectivity index (χ1v) is 6.69. The van der Waals surface area contributed by atoms with Crippen LogP contribution in [-0.4, -0.2) is 29.1 Å². The number of fused-ring (bicyclic) bond motifs is 1. The number of aliphatic hydroxyl groups excluding tert-OH is 1. The number of esters is 1. The van der Waals surface area contributed by atoms with Crippen LogP contribution in [0.5, 0.6) is 0 Å². The third kappa shape index (κ3) is 1.97. The summed E-state index contributed by atoms with van der Waals surface area (Å²) in [6, 6.07) is 0. The van der Waals surface area contributed by atoms with E-state index in [1.807, 2.05) is 0 Å². The van der Waals surface area contributed by atoms with E-state index in [9.17, 15) is 9.90 Å². The molecule has 5 atom stereocenters. The highest BCUT2D eigenvalue weighted by Crippen LogP contribution is 2.51. The molecule has 0 amide bonds. The first-order valence-electron chi connectivity index (χ1n) is 6.69. The summed E-state index contributed by atoms with van der Waals surface area (Å²) in [5.74, 6) is 0.373. The predicted molar refractivity (Wildman–Crippen MR) is 64.6 cm³/mol. The van der Waals surface area contributed by atoms with Gasteiger partial charge in [-0.05, 0) is 44.1 Å². The number of hydrogen-bond acceptors (Lipinski definition) is 4. The lowest BCUT2D eigenvalue weighted by molar-refractivity contribution is -0.205. The van der Waals surface area contributed by atoms with Gasteiger partial charge in [-0.15, -0.1) is 0 Å². The van der Waals surface area contributed by atoms with Gasteiger partial charge in [0, 0.05) is 6.42 Å². The summed E-state index contributed by atoms with van der Waals surface area (Å²) in [4.78, 5) is 11.9. The zero-order valence-electron chi connectivity index (χ0n) is 10.7. The van der Waals surface area contributed by atoms with Crippen LogP contribution in [0.15, 0.2) is 12.2 Å². The van der Waals surface area contributed by atoms with Crippen molar-refractivity contribution in [2.45, 2.75) is 57.0 Å². The maximum Gasteiger partial charge on any atom is 0.309 e. The fourth-order valence-electron chi connectivity index (χ4n) is 3.86. The molecule has 100 valence electrons. The fourth-order valence-corrected chi connectivity index (χ4v) is 3.86. The molecule has 2 aliphatic carbocycles. The molecule has 0 aromatic carbocycles. The van der Waals surface area contributed by atoms with Crippen LogP contribution in [-0.2, 0) is 14.3 Å². The van der Waals surface area contributed by atoms with E-state index in [1.54, 1.807) is 6.92 Å². The lowest BCUT2D eigenvalue weighted by Crippen LogP contribution is -2.48. The zero-order valence-corrected chi connectivity index (χ0v) is 10.7. The SMILES string of the molecule is C=C(C)C(O)OC12CC3CC(C1)OC(=O)C(C3)C2. The van der Waals surface area contributed by atoms with Gasteiger partial charge >= 0.3 is 5.97 Å². The van der Waals surface area contributed by atoms with Crippen molar-refractivity contribution in [1.29, 1.82) is 0 Å². The molecule has 2 heterocycles. The van der Waals surface area contributed by atoms with Gasteiger partial charge in [0.15, 0.2) is 6.29 Å². The molecule has 4 fully saturated rings. The van der Waals surface area contributed by atoms with Crippen molar-refractivity contribution in [3.63, 3.8) is 0 Å². The number of carbonyl (C=O) groups excluding carboxylic acids is 1. The van der Waals surface area contributed by atoms with Crippen LogP contribution in [0.4, 0.5) is 0 Å². The molecule has 2 saturated carbocycles. The summed E-state index contributed by atoms with van der Waals surface area (Å²) in [6.45, 7) is 5.47. The number of carbonyl (C=O) groups is 1. The van der Waals surface area contributed by atoms with Gasteiger partial charge in [-0.1, -0.05) is 6.58 Å². The van der Waals surface area contributed by atoms with Crippen molar-refractivity contribution in [1.82, 2.24) is 0 Å². The van der Waals surface area contributed by atoms with E-state index in [4.69, 9.17) is 9.47 Å². The van der Waals surface area contributed by atoms with Crippen molar-refractivity contribution < 1.29 is 19.4 Å². The maximum atomic E-state index is 11.9. The van der Waals surface area contributed by atoms with E-state index in [1.165, 1.54) is 0 Å². The van der Waals surface area contributed by atoms with Gasteiger partial charge in [0.1, 0.15) is 6.10 Å². The number of aliphatic hydroxyl groups is 1. The molecule has 0 radical (unpaired) electrons. The Labute approximate surface area is 107 Å². The first kappa shape index (κ1) is 12.2. The Kier molecular flexibility index (Phi) is 2.75. The second-order valence-electron chi connectivity index (χ2n) is 6.21. The third-order valence-electron chi connectivity index (χ3n) is 4.49. The largest absolute Gasteiger partial charge is 0.462 e. The summed E-state index contributed by atoms with van der Waals surface area (Å²) in [5.41, 5.74) is 0.220. The van der Waals surface area contributed by atoms with E-state index in [-0.39, 0.29) is 23.6 Å². The lowest BCUT2D eigenvalue weighted by Gasteiger charge is -2.46. The van der Waals surface area contributed by atoms with Gasteiger partial charge in [-0.3, -0.25) is 4.79 Å². The van der Waals surface area contributed by atoms with Crippen LogP contribution >= 0.6 is 0 Å². The topological polar surface area (TPSA) is 55.8 Å². The van der Waals surface area contributed by atoms with E-state index in [2.05, 4.69) is 6.58 Å². The van der Waals surface area contributed by atoms with Crippen LogP contribution in [0.25, 0.3) is 0 Å². The highest BCUT2D eigenvalue weighted by atomic mass is 16.6. The smallest absolute Gasteiger partial charge is 0.309 e. The number of hydrogen-bond donors (Lipinski definition) is 1. The Morgan fingerprint density at radius 3 is 3.00 bits per heavy atom. The molecule has 2 saturated heterocycles. The lowest BCUT2D eigenvalue weighted by atomic mass is 9.65. The summed E-state index contributed by atoms with van der Waals surface area (Å²) in [6.07, 6.45) is 3.25. The molecule has 1 N–H and O–H groups in total. The van der Waals surface area contributed by atoms with Crippen molar-refractivity contribution in [3.05, 3.63) is 12.2 Å². The van der Waals surface area contributed by atoms with Crippen LogP contribution in [0.1, 0.15) is 39.0 Å². The molecule has 4 rings (SSSR count). The van der Waals surface area contributed by atoms with Crippen LogP contribution in [0, 0.1) is 11.8 Å². The molecule has 0 aromatic heterocycles. The van der Waals surface area contributed by atoms with Crippen molar-refractivity contribution in [2.24, 2.45) is 11.8 Å². The summed E-state index contributed by atoms with van der Waals surface area (Å²) >= 11 is 0. The molecule has 2 aliphatic heterocycles. The Bertz CT molecular complexity index is 391. The van der Waals surface area contributed by atoms with Gasteiger partial charge in [-0.25, -0.2) is 0 Å². The summed E-state index contributed by atoms with van der Waals surface area (Å²) in [7, 11) is 0. The van der Waals surface area contributed by atoms with Gasteiger partial charge in [-0.2, -0.15) is 0 Å². The standard InChI is InChI=1S/C14H20O4/c1-8(2)12(15)18-14-5-9-3-10(6-14)13(16)17-11(4-9)7-14/h9-12,15H,1,3-7H2,2H3. The normalized spacial score (nSPS) is 43.4. The van der Waals surface area contributed by atoms with Crippen LogP contribution < -0.4 is 0 Å². The van der Waals surface area contributed by atoms with Crippen molar-refractivity contribution in [2.75, 3.05) is 0 Å². The van der Waals surface area contributed by atoms with Gasteiger partial charge in [0.25, 0.3) is 0 Å². The molecule has 18 heavy (non-hydrogen) atoms. The minimum Gasteiger partial charge on any atom is -0.462 e. The maximum absolute atomic E-state index is 11.9. The molecule has 4 heteroatoms. The molecular formula is C14H20O4. The van der Waals surface area contributed by atoms with E-state index in [0.29, 0.717) is 17.9 Å². The monoisotopic (exact) mass is 252 g/mol. The Hall–Kier alpha value is -0.870. The predicted octanol–water partition coefficient (Wildman–Crippen LogP) is 1.77. The minimum absolute atomic E-state index is 0.0268. The number of ether oxygens (including phenoxy) is 2. The highest BCUT2D eigenvalue weighted by molar-refractivity contribution is 5.73. The summed E-state index contributed by atoms with van der Waals surface area (Å²) in [5, 5.41) is 9.90. The van der Waals surface area contributed by atoms with Gasteiger partial charge in [0.05, 0.1) is 11.5 Å². The van der Waals surface area contributed by atoms with Crippen LogP contribution in [0.3, 0.4) is 0 Å². The molecular weight excluding hydrogens is 232 g/mol. The molecule has 4 bridgehead atoms. The second-order valence-corrected chi connectivity index (χ2v) is 6.21. The van der Waals surface area contributed by atoms with Gasteiger partial charge < -0.3 is 14.6 Å². The Balaban J connectivity index is 1.84. The first-order chi connectivity index (χ1) is 8.47. The molecule has 4 nitrogen and oxygen atoms in total. The summed E-state index contributed by atoms with van der Waals surface area (Å²) < 4.78 is 11.3. The van der Waals surface area contributed by atoms with E-state index < -0.39 is 6.29 Å². The van der Waals surface area contributed by atoms with Crippen LogP contribution in [0.2, 0.25) is 0 Å². The fraction of sp³-hybridized carbons (Fsp3) is 0.786. The zero-order chi connectivity index (χ0) is 12.9. The molecule has 0 spiro atoms. The quantitative estimate of drug-likeness (QED) is 0.472. The van der Waals surface area contributed by atoms with Crippen molar-refractivity contribution in [3.8, 4) is 0 Å². The van der Waals surface area contributed by atoms with Crippen molar-refractivity contribution >= 4 is 5.97 Å². The molecule has 5 unspecified atom stereocenters. The van der Waals surface area contributed by atoms with E-state index in [0.717, 1.165) is 25.7 Å². The average molecular weight is 252 g/mol. The number of rotatable bonds is 3. The second kappa shape index (κ2) is 4.07. The van der Waals surface area contributed by atoms with E-state index >= 15 is 0 Å².